The fraction of sp³-hybridized carbons (Fsp3) is 0.474. The average Bonchev–Trinajstić information content (AvgIpc) is 2.47. The van der Waals surface area contributed by atoms with Crippen LogP contribution in [-0.2, 0) is 0 Å². The molecule has 1 unspecified atom stereocenters. The molecule has 20 heavy (non-hydrogen) atoms. The molecule has 0 aromatic rings. The van der Waals surface area contributed by atoms with Gasteiger partial charge in [0.25, 0.3) is 0 Å². The van der Waals surface area contributed by atoms with E-state index in [0.29, 0.717) is 5.92 Å². The molecule has 1 rings (SSSR count). The van der Waals surface area contributed by atoms with Gasteiger partial charge in [-0.1, -0.05) is 55.9 Å². The van der Waals surface area contributed by atoms with Crippen molar-refractivity contribution in [1.82, 2.24) is 5.32 Å². The lowest BCUT2D eigenvalue weighted by Gasteiger charge is -2.22. The molecule has 0 radical (unpaired) electrons. The van der Waals surface area contributed by atoms with Gasteiger partial charge in [-0.2, -0.15) is 0 Å². The molecular formula is C19H29N. The van der Waals surface area contributed by atoms with E-state index in [0.717, 1.165) is 25.7 Å². The molecule has 1 aliphatic carbocycles. The summed E-state index contributed by atoms with van der Waals surface area (Å²) in [6.45, 7) is 8.59. The summed E-state index contributed by atoms with van der Waals surface area (Å²) in [7, 11) is 1.97. The standard InChI is InChI=1S/C19H29N/c1-5-7-8-11-16(3)17-12-9-13-18(14-17)19(10-6-2)15-20-4/h5,7,9,12-13,15,17,20H,3,6,8,10-11,14H2,1-2,4H3/b7-5-,19-15+. The first-order valence-electron chi connectivity index (χ1n) is 7.75. The third-order valence-corrected chi connectivity index (χ3v) is 3.72. The van der Waals surface area contributed by atoms with Gasteiger partial charge in [0, 0.05) is 13.0 Å². The first-order valence-corrected chi connectivity index (χ1v) is 7.75. The Morgan fingerprint density at radius 2 is 2.25 bits per heavy atom. The summed E-state index contributed by atoms with van der Waals surface area (Å²) in [5.74, 6) is 0.498. The molecule has 0 amide bonds. The lowest BCUT2D eigenvalue weighted by molar-refractivity contribution is 0.692. The van der Waals surface area contributed by atoms with Crippen molar-refractivity contribution >= 4 is 0 Å². The molecule has 1 N–H and O–H groups in total. The predicted molar refractivity (Wildman–Crippen MR) is 90.6 cm³/mol. The van der Waals surface area contributed by atoms with Crippen molar-refractivity contribution in [2.24, 2.45) is 5.92 Å². The van der Waals surface area contributed by atoms with E-state index in [1.807, 2.05) is 7.05 Å². The first-order chi connectivity index (χ1) is 9.72. The van der Waals surface area contributed by atoms with E-state index in [9.17, 15) is 0 Å². The van der Waals surface area contributed by atoms with E-state index in [1.54, 1.807) is 0 Å². The number of hydrogen-bond donors (Lipinski definition) is 1. The van der Waals surface area contributed by atoms with Gasteiger partial charge in [0.2, 0.25) is 0 Å². The summed E-state index contributed by atoms with van der Waals surface area (Å²) >= 11 is 0. The van der Waals surface area contributed by atoms with E-state index in [-0.39, 0.29) is 0 Å². The Kier molecular flexibility index (Phi) is 7.79. The molecule has 0 bridgehead atoms. The van der Waals surface area contributed by atoms with Crippen LogP contribution in [0.3, 0.4) is 0 Å². The number of hydrogen-bond acceptors (Lipinski definition) is 1. The summed E-state index contributed by atoms with van der Waals surface area (Å²) in [4.78, 5) is 0. The molecule has 0 spiro atoms. The van der Waals surface area contributed by atoms with E-state index in [4.69, 9.17) is 0 Å². The van der Waals surface area contributed by atoms with Crippen LogP contribution in [0.1, 0.15) is 46.0 Å². The quantitative estimate of drug-likeness (QED) is 0.590. The van der Waals surface area contributed by atoms with Crippen LogP contribution in [0.15, 0.2) is 59.9 Å². The average molecular weight is 271 g/mol. The zero-order valence-electron chi connectivity index (χ0n) is 13.3. The summed E-state index contributed by atoms with van der Waals surface area (Å²) in [5, 5.41) is 3.18. The predicted octanol–water partition coefficient (Wildman–Crippen LogP) is 5.30. The Morgan fingerprint density at radius 1 is 1.45 bits per heavy atom. The molecule has 0 aromatic heterocycles. The molecule has 0 heterocycles. The zero-order chi connectivity index (χ0) is 14.8. The molecule has 0 saturated carbocycles. The van der Waals surface area contributed by atoms with Crippen LogP contribution in [0, 0.1) is 5.92 Å². The summed E-state index contributed by atoms with van der Waals surface area (Å²) in [6, 6.07) is 0. The maximum atomic E-state index is 4.29. The number of rotatable bonds is 8. The SMILES string of the molecule is C=C(CC/C=C\C)C1C=CC=C(/C(=C/NC)CCC)C1. The van der Waals surface area contributed by atoms with Crippen LogP contribution >= 0.6 is 0 Å². The normalized spacial score (nSPS) is 19.2. The van der Waals surface area contributed by atoms with Crippen molar-refractivity contribution in [3.63, 3.8) is 0 Å². The van der Waals surface area contributed by atoms with Gasteiger partial charge < -0.3 is 5.32 Å². The summed E-state index contributed by atoms with van der Waals surface area (Å²) in [5.41, 5.74) is 4.25. The molecule has 0 aliphatic heterocycles. The smallest absolute Gasteiger partial charge is 0.00278 e. The van der Waals surface area contributed by atoms with E-state index < -0.39 is 0 Å². The third kappa shape index (κ3) is 5.24. The lowest BCUT2D eigenvalue weighted by Crippen LogP contribution is -2.08. The molecule has 0 aromatic carbocycles. The second kappa shape index (κ2) is 9.41. The largest absolute Gasteiger partial charge is 0.394 e. The van der Waals surface area contributed by atoms with Crippen LogP contribution in [0.5, 0.6) is 0 Å². The molecule has 1 nitrogen and oxygen atoms in total. The van der Waals surface area contributed by atoms with Crippen molar-refractivity contribution < 1.29 is 0 Å². The van der Waals surface area contributed by atoms with Gasteiger partial charge in [0.15, 0.2) is 0 Å². The Labute approximate surface area is 124 Å². The van der Waals surface area contributed by atoms with Crippen molar-refractivity contribution in [3.05, 3.63) is 59.9 Å². The van der Waals surface area contributed by atoms with Crippen LogP contribution in [0.4, 0.5) is 0 Å². The summed E-state index contributed by atoms with van der Waals surface area (Å²) < 4.78 is 0. The fourth-order valence-electron chi connectivity index (χ4n) is 2.59. The Hall–Kier alpha value is -1.50. The van der Waals surface area contributed by atoms with Gasteiger partial charge in [-0.3, -0.25) is 0 Å². The monoisotopic (exact) mass is 271 g/mol. The van der Waals surface area contributed by atoms with Gasteiger partial charge in [0.1, 0.15) is 0 Å². The Balaban J connectivity index is 2.66. The van der Waals surface area contributed by atoms with E-state index in [1.165, 1.54) is 23.1 Å². The maximum absolute atomic E-state index is 4.29. The highest BCUT2D eigenvalue weighted by atomic mass is 14.8. The zero-order valence-corrected chi connectivity index (χ0v) is 13.3. The minimum Gasteiger partial charge on any atom is -0.394 e. The highest BCUT2D eigenvalue weighted by Crippen LogP contribution is 2.31. The molecule has 110 valence electrons. The van der Waals surface area contributed by atoms with Crippen LogP contribution < -0.4 is 5.32 Å². The first kappa shape index (κ1) is 16.6. The maximum Gasteiger partial charge on any atom is 0.00278 e. The Morgan fingerprint density at radius 3 is 2.90 bits per heavy atom. The molecule has 1 atom stereocenters. The van der Waals surface area contributed by atoms with Crippen LogP contribution in [0.25, 0.3) is 0 Å². The van der Waals surface area contributed by atoms with Gasteiger partial charge in [-0.05, 0) is 50.0 Å². The van der Waals surface area contributed by atoms with Crippen molar-refractivity contribution in [3.8, 4) is 0 Å². The highest BCUT2D eigenvalue weighted by molar-refractivity contribution is 5.38. The minimum absolute atomic E-state index is 0.498. The number of nitrogens with one attached hydrogen (secondary N) is 1. The lowest BCUT2D eigenvalue weighted by atomic mass is 9.83. The molecule has 0 fully saturated rings. The van der Waals surface area contributed by atoms with Crippen molar-refractivity contribution in [2.45, 2.75) is 46.0 Å². The van der Waals surface area contributed by atoms with E-state index in [2.05, 4.69) is 62.3 Å². The third-order valence-electron chi connectivity index (χ3n) is 3.72. The van der Waals surface area contributed by atoms with Gasteiger partial charge in [-0.15, -0.1) is 0 Å². The van der Waals surface area contributed by atoms with Crippen LogP contribution in [-0.4, -0.2) is 7.05 Å². The topological polar surface area (TPSA) is 12.0 Å². The van der Waals surface area contributed by atoms with Crippen LogP contribution in [0.2, 0.25) is 0 Å². The summed E-state index contributed by atoms with van der Waals surface area (Å²) in [6.07, 6.45) is 18.8. The van der Waals surface area contributed by atoms with Gasteiger partial charge >= 0.3 is 0 Å². The number of allylic oxidation sites excluding steroid dienone is 8. The second-order valence-corrected chi connectivity index (χ2v) is 5.36. The fourth-order valence-corrected chi connectivity index (χ4v) is 2.59. The molecule has 0 saturated heterocycles. The van der Waals surface area contributed by atoms with Crippen molar-refractivity contribution in [2.75, 3.05) is 7.05 Å². The molecule has 1 aliphatic rings. The highest BCUT2D eigenvalue weighted by Gasteiger charge is 2.16. The van der Waals surface area contributed by atoms with E-state index >= 15 is 0 Å². The van der Waals surface area contributed by atoms with Gasteiger partial charge in [-0.25, -0.2) is 0 Å². The second-order valence-electron chi connectivity index (χ2n) is 5.36. The Bertz CT molecular complexity index is 421. The molecular weight excluding hydrogens is 242 g/mol. The van der Waals surface area contributed by atoms with Gasteiger partial charge in [0.05, 0.1) is 0 Å². The molecule has 1 heteroatoms. The minimum atomic E-state index is 0.498. The van der Waals surface area contributed by atoms with Crippen molar-refractivity contribution in [1.29, 1.82) is 0 Å².